The third-order valence-electron chi connectivity index (χ3n) is 0. The number of rotatable bonds is 0. The number of hydrogen-bond acceptors (Lipinski definition) is 6. The fourth-order valence-corrected chi connectivity index (χ4v) is 0. The summed E-state index contributed by atoms with van der Waals surface area (Å²) in [6.07, 6.45) is 0. The van der Waals surface area contributed by atoms with Crippen LogP contribution >= 0.6 is 17.2 Å². The molecule has 0 amide bonds. The van der Waals surface area contributed by atoms with E-state index in [4.69, 9.17) is 29.4 Å². The van der Waals surface area contributed by atoms with E-state index >= 15 is 0 Å². The average Bonchev–Trinajstić information content (AvgIpc) is 1.25. The van der Waals surface area contributed by atoms with Crippen LogP contribution in [0.2, 0.25) is 0 Å². The molecule has 0 aliphatic rings. The molecule has 0 aliphatic carbocycles. The molecule has 6 nitrogen and oxygen atoms in total. The Kier molecular flexibility index (Phi) is 60.5. The first-order valence-electron chi connectivity index (χ1n) is 1.10. The molecule has 0 atom stereocenters. The summed E-state index contributed by atoms with van der Waals surface area (Å²) in [5.74, 6) is 0. The van der Waals surface area contributed by atoms with Crippen molar-refractivity contribution in [1.82, 2.24) is 0 Å². The van der Waals surface area contributed by atoms with Crippen LogP contribution in [0, 0.1) is 0 Å². The molecular weight excluding hydrogens is 376 g/mol. The van der Waals surface area contributed by atoms with Crippen LogP contribution in [0.4, 0.5) is 0 Å². The van der Waals surface area contributed by atoms with Crippen molar-refractivity contribution in [2.24, 2.45) is 0 Å². The fraction of sp³-hybridized carbons (Fsp3) is 0. The molecule has 0 saturated carbocycles. The molecule has 0 bridgehead atoms. The normalized spacial score (nSPS) is 6.55. The quantitative estimate of drug-likeness (QED) is 0.305. The van der Waals surface area contributed by atoms with E-state index in [-0.39, 0.29) is 52.8 Å². The van der Waals surface area contributed by atoms with Gasteiger partial charge in [-0.05, 0) is 0 Å². The molecule has 0 N–H and O–H groups in total. The topological polar surface area (TPSA) is 138 Å². The van der Waals surface area contributed by atoms with Crippen molar-refractivity contribution >= 4 is 70.0 Å². The van der Waals surface area contributed by atoms with E-state index in [0.717, 1.165) is 0 Å². The van der Waals surface area contributed by atoms with E-state index in [0.29, 0.717) is 0 Å². The van der Waals surface area contributed by atoms with E-state index in [1.165, 1.54) is 0 Å². The summed E-state index contributed by atoms with van der Waals surface area (Å²) in [7, 11) is -6.74. The molecule has 0 spiro atoms. The summed E-state index contributed by atoms with van der Waals surface area (Å²) >= 11 is 0. The zero-order chi connectivity index (χ0) is 7.15. The predicted molar refractivity (Wildman–Crippen MR) is 31.1 cm³/mol. The van der Waals surface area contributed by atoms with Crippen LogP contribution in [0.5, 0.6) is 0 Å². The molecule has 0 aromatic carbocycles. The van der Waals surface area contributed by atoms with Crippen molar-refractivity contribution in [2.75, 3.05) is 0 Å². The molecule has 0 heterocycles. The van der Waals surface area contributed by atoms with Gasteiger partial charge >= 0.3 is 0 Å². The second-order valence-corrected chi connectivity index (χ2v) is 1.34. The zero-order valence-corrected chi connectivity index (χ0v) is 12.9. The van der Waals surface area contributed by atoms with E-state index < -0.39 is 17.2 Å². The molecule has 12 radical (unpaired) electrons. The SMILES string of the molecule is [Ge].[Ge].[Ge].[O-]P([O-])[O-].[O-]P([O-])[O-]. The largest absolute Gasteiger partial charge is 0.854 e. The van der Waals surface area contributed by atoms with Crippen LogP contribution in [0.3, 0.4) is 0 Å². The second kappa shape index (κ2) is 22.8. The molecule has 0 fully saturated rings. The first-order valence-corrected chi connectivity index (χ1v) is 3.29. The van der Waals surface area contributed by atoms with Crippen LogP contribution in [-0.2, 0) is 0 Å². The summed E-state index contributed by atoms with van der Waals surface area (Å²) in [6.45, 7) is 0. The molecule has 11 heavy (non-hydrogen) atoms. The Labute approximate surface area is 99.0 Å². The van der Waals surface area contributed by atoms with Gasteiger partial charge in [0.15, 0.2) is 0 Å². The summed E-state index contributed by atoms with van der Waals surface area (Å²) in [5.41, 5.74) is 0. The summed E-state index contributed by atoms with van der Waals surface area (Å²) in [6, 6.07) is 0. The van der Waals surface area contributed by atoms with Crippen molar-refractivity contribution in [3.8, 4) is 0 Å². The van der Waals surface area contributed by atoms with Gasteiger partial charge in [0.05, 0.1) is 0 Å². The molecule has 0 saturated heterocycles. The van der Waals surface area contributed by atoms with Gasteiger partial charge in [-0.1, -0.05) is 0 Å². The van der Waals surface area contributed by atoms with Gasteiger partial charge in [-0.25, -0.2) is 0 Å². The van der Waals surface area contributed by atoms with Crippen LogP contribution in [0.25, 0.3) is 0 Å². The summed E-state index contributed by atoms with van der Waals surface area (Å²) in [5, 5.41) is 0. The first-order chi connectivity index (χ1) is 3.46. The van der Waals surface area contributed by atoms with E-state index in [9.17, 15) is 0 Å². The molecule has 0 aromatic rings. The van der Waals surface area contributed by atoms with Crippen molar-refractivity contribution < 1.29 is 29.4 Å². The maximum Gasteiger partial charge on any atom is 0 e. The van der Waals surface area contributed by atoms with Crippen molar-refractivity contribution in [3.63, 3.8) is 0 Å². The second-order valence-electron chi connectivity index (χ2n) is 0.447. The summed E-state index contributed by atoms with van der Waals surface area (Å²) in [4.78, 5) is 50.9. The van der Waals surface area contributed by atoms with E-state index in [1.54, 1.807) is 0 Å². The predicted octanol–water partition coefficient (Wildman–Crippen LogP) is -6.55. The molecule has 0 rings (SSSR count). The number of hydrogen-bond donors (Lipinski definition) is 0. The van der Waals surface area contributed by atoms with Crippen LogP contribution in [-0.4, -0.2) is 52.8 Å². The fourth-order valence-electron chi connectivity index (χ4n) is 0. The molecule has 64 valence electrons. The third-order valence-corrected chi connectivity index (χ3v) is 0. The Balaban J connectivity index is -0.0000000171. The van der Waals surface area contributed by atoms with Crippen LogP contribution in [0.1, 0.15) is 0 Å². The van der Waals surface area contributed by atoms with Crippen molar-refractivity contribution in [1.29, 1.82) is 0 Å². The minimum atomic E-state index is -3.37. The monoisotopic (exact) mass is 380 g/mol. The Hall–Kier alpha value is 2.25. The minimum Gasteiger partial charge on any atom is -0.854 e. The van der Waals surface area contributed by atoms with E-state index in [1.807, 2.05) is 0 Å². The Morgan fingerprint density at radius 1 is 0.455 bits per heavy atom. The Morgan fingerprint density at radius 2 is 0.455 bits per heavy atom. The molecule has 0 aliphatic heterocycles. The van der Waals surface area contributed by atoms with Crippen molar-refractivity contribution in [2.45, 2.75) is 0 Å². The maximum atomic E-state index is 8.48. The minimum absolute atomic E-state index is 0. The van der Waals surface area contributed by atoms with Gasteiger partial charge in [0.2, 0.25) is 0 Å². The standard InChI is InChI=1S/3Ge.2O3P/c;;;2*1-4(2)3/q;;;2*-3. The van der Waals surface area contributed by atoms with Gasteiger partial charge in [-0.2, -0.15) is 0 Å². The van der Waals surface area contributed by atoms with Gasteiger partial charge in [0, 0.05) is 52.8 Å². The first kappa shape index (κ1) is 29.2. The van der Waals surface area contributed by atoms with E-state index in [2.05, 4.69) is 0 Å². The summed E-state index contributed by atoms with van der Waals surface area (Å²) < 4.78 is 0. The van der Waals surface area contributed by atoms with Gasteiger partial charge < -0.3 is 46.6 Å². The molecular formula is Ge3O6P2-6. The Bertz CT molecular complexity index is 31.3. The van der Waals surface area contributed by atoms with Crippen LogP contribution in [0.15, 0.2) is 0 Å². The van der Waals surface area contributed by atoms with Gasteiger partial charge in [-0.3, -0.25) is 0 Å². The van der Waals surface area contributed by atoms with Gasteiger partial charge in [-0.15, -0.1) is 0 Å². The average molecular weight is 376 g/mol. The van der Waals surface area contributed by atoms with Crippen LogP contribution < -0.4 is 29.4 Å². The molecule has 0 unspecified atom stereocenters. The maximum absolute atomic E-state index is 8.48. The van der Waals surface area contributed by atoms with Crippen molar-refractivity contribution in [3.05, 3.63) is 0 Å². The molecule has 0 aromatic heterocycles. The Morgan fingerprint density at radius 3 is 0.455 bits per heavy atom. The zero-order valence-electron chi connectivity index (χ0n) is 4.84. The smallest absolute Gasteiger partial charge is 0 e. The van der Waals surface area contributed by atoms with Gasteiger partial charge in [0.1, 0.15) is 0 Å². The molecule has 11 heteroatoms. The third kappa shape index (κ3) is 254. The van der Waals surface area contributed by atoms with Gasteiger partial charge in [0.25, 0.3) is 0 Å².